The number of likely N-dealkylation sites (N-methyl/N-ethyl adjacent to an activating group) is 1. The van der Waals surface area contributed by atoms with Crippen molar-refractivity contribution in [2.24, 2.45) is 7.05 Å². The maximum absolute atomic E-state index is 12.3. The lowest BCUT2D eigenvalue weighted by atomic mass is 10.2. The van der Waals surface area contributed by atoms with Gasteiger partial charge in [0.25, 0.3) is 0 Å². The summed E-state index contributed by atoms with van der Waals surface area (Å²) < 4.78 is 34.1. The Bertz CT molecular complexity index is 602. The summed E-state index contributed by atoms with van der Waals surface area (Å²) in [6, 6.07) is 0. The summed E-state index contributed by atoms with van der Waals surface area (Å²) in [7, 11) is -0.0121. The number of hydrogen-bond acceptors (Lipinski definition) is 5. The zero-order valence-corrected chi connectivity index (χ0v) is 14.0. The minimum atomic E-state index is -3.65. The Kier molecular flexibility index (Phi) is 5.26. The van der Waals surface area contributed by atoms with E-state index in [1.807, 2.05) is 7.05 Å². The Morgan fingerprint density at radius 1 is 1.48 bits per heavy atom. The molecule has 0 aliphatic carbocycles. The molecule has 1 aromatic heterocycles. The molecular weight excluding hydrogens is 316 g/mol. The summed E-state index contributed by atoms with van der Waals surface area (Å²) in [6.45, 7) is 4.34. The van der Waals surface area contributed by atoms with Crippen LogP contribution in [0.25, 0.3) is 0 Å². The van der Waals surface area contributed by atoms with Gasteiger partial charge < -0.3 is 9.64 Å². The van der Waals surface area contributed by atoms with E-state index in [4.69, 9.17) is 16.3 Å². The highest BCUT2D eigenvalue weighted by molar-refractivity contribution is 7.89. The Balaban J connectivity index is 1.95. The molecule has 2 heterocycles. The van der Waals surface area contributed by atoms with Crippen LogP contribution in [0.4, 0.5) is 0 Å². The van der Waals surface area contributed by atoms with Crippen molar-refractivity contribution in [3.63, 3.8) is 0 Å². The summed E-state index contributed by atoms with van der Waals surface area (Å²) in [5.74, 6) is 0. The Morgan fingerprint density at radius 2 is 2.19 bits per heavy atom. The summed E-state index contributed by atoms with van der Waals surface area (Å²) in [4.78, 5) is 2.22. The first kappa shape index (κ1) is 16.7. The van der Waals surface area contributed by atoms with Gasteiger partial charge in [-0.25, -0.2) is 13.1 Å². The molecule has 1 aliphatic rings. The van der Waals surface area contributed by atoms with Gasteiger partial charge in [0.15, 0.2) is 0 Å². The molecule has 0 amide bonds. The predicted molar refractivity (Wildman–Crippen MR) is 80.0 cm³/mol. The lowest BCUT2D eigenvalue weighted by Gasteiger charge is -2.30. The van der Waals surface area contributed by atoms with Crippen molar-refractivity contribution >= 4 is 21.6 Å². The van der Waals surface area contributed by atoms with E-state index in [0.29, 0.717) is 25.3 Å². The number of aryl methyl sites for hydroxylation is 2. The molecule has 0 bridgehead atoms. The number of hydrogen-bond donors (Lipinski definition) is 1. The minimum absolute atomic E-state index is 0.0494. The molecule has 1 aromatic rings. The molecular formula is C12H21ClN4O3S. The van der Waals surface area contributed by atoms with Crippen molar-refractivity contribution < 1.29 is 13.2 Å². The molecule has 120 valence electrons. The van der Waals surface area contributed by atoms with Crippen molar-refractivity contribution in [1.29, 1.82) is 0 Å². The van der Waals surface area contributed by atoms with Gasteiger partial charge in [-0.15, -0.1) is 0 Å². The quantitative estimate of drug-likeness (QED) is 0.841. The topological polar surface area (TPSA) is 76.5 Å². The molecule has 1 saturated heterocycles. The molecule has 0 saturated carbocycles. The average Bonchev–Trinajstić information content (AvgIpc) is 2.63. The van der Waals surface area contributed by atoms with Crippen LogP contribution in [0.1, 0.15) is 12.1 Å². The summed E-state index contributed by atoms with van der Waals surface area (Å²) in [6.07, 6.45) is 0.678. The van der Waals surface area contributed by atoms with Crippen LogP contribution in [0.3, 0.4) is 0 Å². The molecule has 1 atom stereocenters. The fourth-order valence-electron chi connectivity index (χ4n) is 2.38. The van der Waals surface area contributed by atoms with Crippen molar-refractivity contribution in [1.82, 2.24) is 19.4 Å². The Labute approximate surface area is 130 Å². The van der Waals surface area contributed by atoms with Gasteiger partial charge >= 0.3 is 0 Å². The van der Waals surface area contributed by atoms with Crippen molar-refractivity contribution in [3.05, 3.63) is 10.8 Å². The van der Waals surface area contributed by atoms with Gasteiger partial charge in [0.05, 0.1) is 18.4 Å². The number of halogens is 1. The highest BCUT2D eigenvalue weighted by Crippen LogP contribution is 2.23. The van der Waals surface area contributed by atoms with Gasteiger partial charge in [-0.2, -0.15) is 5.10 Å². The number of rotatable bonds is 5. The molecule has 21 heavy (non-hydrogen) atoms. The van der Waals surface area contributed by atoms with Gasteiger partial charge in [-0.1, -0.05) is 11.6 Å². The number of nitrogens with zero attached hydrogens (tertiary/aromatic N) is 3. The third kappa shape index (κ3) is 3.95. The van der Waals surface area contributed by atoms with E-state index in [2.05, 4.69) is 14.7 Å². The van der Waals surface area contributed by atoms with E-state index in [-0.39, 0.29) is 16.2 Å². The van der Waals surface area contributed by atoms with Crippen molar-refractivity contribution in [2.75, 3.05) is 33.3 Å². The first-order chi connectivity index (χ1) is 9.81. The number of aromatic nitrogens is 2. The fourth-order valence-corrected chi connectivity index (χ4v) is 4.18. The molecule has 2 rings (SSSR count). The van der Waals surface area contributed by atoms with Crippen molar-refractivity contribution in [2.45, 2.75) is 24.3 Å². The molecule has 1 N–H and O–H groups in total. The molecule has 0 unspecified atom stereocenters. The van der Waals surface area contributed by atoms with Crippen LogP contribution in [0.15, 0.2) is 4.90 Å². The first-order valence-electron chi connectivity index (χ1n) is 6.80. The first-order valence-corrected chi connectivity index (χ1v) is 8.66. The highest BCUT2D eigenvalue weighted by atomic mass is 35.5. The average molecular weight is 337 g/mol. The second kappa shape index (κ2) is 6.62. The van der Waals surface area contributed by atoms with Crippen LogP contribution in [-0.2, 0) is 21.8 Å². The summed E-state index contributed by atoms with van der Waals surface area (Å²) in [5.41, 5.74) is 0.392. The maximum atomic E-state index is 12.3. The van der Waals surface area contributed by atoms with E-state index in [1.54, 1.807) is 14.0 Å². The molecule has 9 heteroatoms. The third-order valence-electron chi connectivity index (χ3n) is 3.47. The molecule has 0 spiro atoms. The summed E-state index contributed by atoms with van der Waals surface area (Å²) >= 11 is 6.00. The van der Waals surface area contributed by atoms with E-state index in [1.165, 1.54) is 4.68 Å². The van der Waals surface area contributed by atoms with Gasteiger partial charge in [0.2, 0.25) is 10.0 Å². The third-order valence-corrected chi connectivity index (χ3v) is 5.63. The molecule has 1 fully saturated rings. The number of nitrogens with one attached hydrogen (secondary N) is 1. The van der Waals surface area contributed by atoms with Crippen LogP contribution < -0.4 is 4.72 Å². The van der Waals surface area contributed by atoms with Gasteiger partial charge in [-0.3, -0.25) is 4.68 Å². The van der Waals surface area contributed by atoms with E-state index in [9.17, 15) is 8.42 Å². The van der Waals surface area contributed by atoms with Gasteiger partial charge in [0, 0.05) is 26.7 Å². The van der Waals surface area contributed by atoms with Gasteiger partial charge in [0.1, 0.15) is 10.0 Å². The normalized spacial score (nSPS) is 20.9. The second-order valence-corrected chi connectivity index (χ2v) is 7.33. The van der Waals surface area contributed by atoms with Crippen molar-refractivity contribution in [3.8, 4) is 0 Å². The van der Waals surface area contributed by atoms with E-state index in [0.717, 1.165) is 13.1 Å². The lowest BCUT2D eigenvalue weighted by Crippen LogP contribution is -2.41. The maximum Gasteiger partial charge on any atom is 0.245 e. The molecule has 0 aromatic carbocycles. The predicted octanol–water partition coefficient (Wildman–Crippen LogP) is 0.381. The second-order valence-electron chi connectivity index (χ2n) is 5.27. The summed E-state index contributed by atoms with van der Waals surface area (Å²) in [5, 5.41) is 4.14. The van der Waals surface area contributed by atoms with Crippen LogP contribution in [0, 0.1) is 6.92 Å². The SMILES string of the molecule is Cc1nn(C)c(Cl)c1S(=O)(=O)NCC[C@H]1CN(C)CCO1. The monoisotopic (exact) mass is 336 g/mol. The van der Waals surface area contributed by atoms with Gasteiger partial charge in [-0.05, 0) is 20.4 Å². The smallest absolute Gasteiger partial charge is 0.245 e. The number of ether oxygens (including phenoxy) is 1. The lowest BCUT2D eigenvalue weighted by molar-refractivity contribution is -0.0222. The molecule has 7 nitrogen and oxygen atoms in total. The standard InChI is InChI=1S/C12H21ClN4O3S/c1-9-11(12(13)17(3)15-9)21(18,19)14-5-4-10-8-16(2)6-7-20-10/h10,14H,4-8H2,1-3H3/t10-/m0/s1. The highest BCUT2D eigenvalue weighted by Gasteiger charge is 2.25. The number of morpholine rings is 1. The Hall–Kier alpha value is -0.670. The molecule has 1 aliphatic heterocycles. The Morgan fingerprint density at radius 3 is 2.76 bits per heavy atom. The van der Waals surface area contributed by atoms with Crippen LogP contribution >= 0.6 is 11.6 Å². The van der Waals surface area contributed by atoms with Crippen LogP contribution in [0.2, 0.25) is 5.15 Å². The van der Waals surface area contributed by atoms with Crippen LogP contribution in [0.5, 0.6) is 0 Å². The molecule has 0 radical (unpaired) electrons. The zero-order valence-electron chi connectivity index (χ0n) is 12.5. The number of sulfonamides is 1. The zero-order chi connectivity index (χ0) is 15.6. The van der Waals surface area contributed by atoms with E-state index < -0.39 is 10.0 Å². The largest absolute Gasteiger partial charge is 0.376 e. The van der Waals surface area contributed by atoms with E-state index >= 15 is 0 Å². The fraction of sp³-hybridized carbons (Fsp3) is 0.750. The minimum Gasteiger partial charge on any atom is -0.376 e. The van der Waals surface area contributed by atoms with Crippen LogP contribution in [-0.4, -0.2) is 62.5 Å².